The fraction of sp³-hybridized carbons (Fsp3) is 0.118. The Morgan fingerprint density at radius 3 is 2.36 bits per heavy atom. The topological polar surface area (TPSA) is 125 Å². The van der Waals surface area contributed by atoms with Crippen LogP contribution in [-0.2, 0) is 14.3 Å². The summed E-state index contributed by atoms with van der Waals surface area (Å²) in [6.07, 6.45) is 0. The second kappa shape index (κ2) is 8.75. The van der Waals surface area contributed by atoms with E-state index in [4.69, 9.17) is 5.11 Å². The highest BCUT2D eigenvalue weighted by atomic mass is 19.2. The maximum absolute atomic E-state index is 13.4. The summed E-state index contributed by atoms with van der Waals surface area (Å²) in [6.45, 7) is -1.47. The van der Waals surface area contributed by atoms with Crippen LogP contribution < -0.4 is 10.6 Å². The van der Waals surface area contributed by atoms with E-state index in [0.29, 0.717) is 6.07 Å². The van der Waals surface area contributed by atoms with Gasteiger partial charge < -0.3 is 25.6 Å². The first kappa shape index (κ1) is 20.6. The molecule has 2 rings (SSSR count). The average molecular weight is 398 g/mol. The fourth-order valence-corrected chi connectivity index (χ4v) is 1.95. The molecule has 2 aromatic rings. The normalized spacial score (nSPS) is 10.2. The number of halogens is 3. The smallest absolute Gasteiger partial charge is 0.342 e. The van der Waals surface area contributed by atoms with Gasteiger partial charge in [0.05, 0.1) is 12.2 Å². The van der Waals surface area contributed by atoms with Gasteiger partial charge in [-0.05, 0) is 24.3 Å². The molecule has 0 saturated carbocycles. The quantitative estimate of drug-likeness (QED) is 0.431. The van der Waals surface area contributed by atoms with Gasteiger partial charge >= 0.3 is 5.97 Å². The van der Waals surface area contributed by atoms with Crippen LogP contribution >= 0.6 is 0 Å². The predicted octanol–water partition coefficient (Wildman–Crippen LogP) is 1.43. The van der Waals surface area contributed by atoms with Gasteiger partial charge in [-0.3, -0.25) is 9.59 Å². The summed E-state index contributed by atoms with van der Waals surface area (Å²) in [5, 5.41) is 22.6. The number of phenolic OH excluding ortho intramolecular Hbond substituents is 2. The number of ether oxygens (including phenoxy) is 1. The zero-order valence-corrected chi connectivity index (χ0v) is 14.0. The van der Waals surface area contributed by atoms with Crippen LogP contribution in [0.1, 0.15) is 10.4 Å². The minimum Gasteiger partial charge on any atom is -0.508 e. The van der Waals surface area contributed by atoms with Crippen molar-refractivity contribution >= 4 is 23.5 Å². The summed E-state index contributed by atoms with van der Waals surface area (Å²) in [6, 6.07) is 4.52. The Kier molecular flexibility index (Phi) is 6.42. The van der Waals surface area contributed by atoms with E-state index >= 15 is 0 Å². The molecule has 0 saturated heterocycles. The number of nitrogens with one attached hydrogen (secondary N) is 2. The maximum atomic E-state index is 13.4. The molecule has 0 unspecified atom stereocenters. The van der Waals surface area contributed by atoms with E-state index in [0.717, 1.165) is 24.3 Å². The number of hydrogen-bond donors (Lipinski definition) is 4. The molecule has 0 radical (unpaired) electrons. The molecule has 2 aromatic carbocycles. The first-order valence-corrected chi connectivity index (χ1v) is 7.58. The molecule has 4 N–H and O–H groups in total. The van der Waals surface area contributed by atoms with Gasteiger partial charge in [-0.2, -0.15) is 0 Å². The number of rotatable bonds is 6. The second-order valence-electron chi connectivity index (χ2n) is 5.33. The average Bonchev–Trinajstić information content (AvgIpc) is 2.65. The Labute approximate surface area is 155 Å². The van der Waals surface area contributed by atoms with Gasteiger partial charge in [-0.1, -0.05) is 0 Å². The minimum absolute atomic E-state index is 0.282. The highest BCUT2D eigenvalue weighted by molar-refractivity contribution is 5.96. The van der Waals surface area contributed by atoms with Gasteiger partial charge in [0.15, 0.2) is 24.1 Å². The third-order valence-corrected chi connectivity index (χ3v) is 3.29. The molecule has 11 heteroatoms. The lowest BCUT2D eigenvalue weighted by atomic mass is 10.2. The zero-order valence-electron chi connectivity index (χ0n) is 14.0. The molecule has 0 aliphatic heterocycles. The molecule has 0 spiro atoms. The number of carbonyl (C=O) groups excluding carboxylic acids is 3. The van der Waals surface area contributed by atoms with Crippen LogP contribution in [0.2, 0.25) is 0 Å². The van der Waals surface area contributed by atoms with Crippen molar-refractivity contribution in [3.8, 4) is 11.5 Å². The van der Waals surface area contributed by atoms with Crippen molar-refractivity contribution in [1.29, 1.82) is 0 Å². The summed E-state index contributed by atoms with van der Waals surface area (Å²) in [5.41, 5.74) is -0.912. The van der Waals surface area contributed by atoms with Crippen LogP contribution in [-0.4, -0.2) is 41.1 Å². The Hall–Kier alpha value is -3.76. The number of benzene rings is 2. The number of carbonyl (C=O) groups is 3. The lowest BCUT2D eigenvalue weighted by Crippen LogP contribution is -2.35. The van der Waals surface area contributed by atoms with Gasteiger partial charge in [0, 0.05) is 6.07 Å². The predicted molar refractivity (Wildman–Crippen MR) is 88.0 cm³/mol. The maximum Gasteiger partial charge on any atom is 0.342 e. The van der Waals surface area contributed by atoms with E-state index in [9.17, 15) is 32.7 Å². The van der Waals surface area contributed by atoms with Crippen LogP contribution in [0, 0.1) is 17.5 Å². The van der Waals surface area contributed by atoms with Crippen molar-refractivity contribution in [2.75, 3.05) is 18.5 Å². The molecule has 0 aliphatic carbocycles. The molecule has 148 valence electrons. The molecular formula is C17H13F3N2O6. The fourth-order valence-electron chi connectivity index (χ4n) is 1.95. The van der Waals surface area contributed by atoms with Crippen molar-refractivity contribution < 1.29 is 42.5 Å². The summed E-state index contributed by atoms with van der Waals surface area (Å²) in [7, 11) is 0. The molecule has 0 fully saturated rings. The van der Waals surface area contributed by atoms with E-state index < -0.39 is 59.8 Å². The van der Waals surface area contributed by atoms with Gasteiger partial charge in [0.2, 0.25) is 5.91 Å². The SMILES string of the molecule is O=C(COC(=O)c1ccc(O)cc1O)NCC(=O)Nc1ccc(F)c(F)c1F. The summed E-state index contributed by atoms with van der Waals surface area (Å²) >= 11 is 0. The Morgan fingerprint density at radius 2 is 1.68 bits per heavy atom. The molecule has 0 bridgehead atoms. The molecule has 2 amide bonds. The Morgan fingerprint density at radius 1 is 0.964 bits per heavy atom. The van der Waals surface area contributed by atoms with E-state index in [-0.39, 0.29) is 11.3 Å². The third-order valence-electron chi connectivity index (χ3n) is 3.29. The Bertz CT molecular complexity index is 935. The molecule has 0 heterocycles. The van der Waals surface area contributed by atoms with E-state index in [1.807, 2.05) is 5.32 Å². The highest BCUT2D eigenvalue weighted by Gasteiger charge is 2.17. The monoisotopic (exact) mass is 398 g/mol. The molecule has 8 nitrogen and oxygen atoms in total. The summed E-state index contributed by atoms with van der Waals surface area (Å²) in [4.78, 5) is 34.9. The van der Waals surface area contributed by atoms with E-state index in [1.54, 1.807) is 0 Å². The lowest BCUT2D eigenvalue weighted by Gasteiger charge is -2.09. The molecule has 0 atom stereocenters. The second-order valence-corrected chi connectivity index (χ2v) is 5.33. The number of amides is 2. The van der Waals surface area contributed by atoms with Crippen LogP contribution in [0.15, 0.2) is 30.3 Å². The van der Waals surface area contributed by atoms with Crippen molar-refractivity contribution in [3.63, 3.8) is 0 Å². The van der Waals surface area contributed by atoms with Crippen molar-refractivity contribution in [1.82, 2.24) is 5.32 Å². The molecular weight excluding hydrogens is 385 g/mol. The van der Waals surface area contributed by atoms with E-state index in [2.05, 4.69) is 10.1 Å². The number of phenols is 2. The number of esters is 1. The van der Waals surface area contributed by atoms with Crippen molar-refractivity contribution in [3.05, 3.63) is 53.3 Å². The zero-order chi connectivity index (χ0) is 20.8. The third kappa shape index (κ3) is 5.13. The lowest BCUT2D eigenvalue weighted by molar-refractivity contribution is -0.126. The largest absolute Gasteiger partial charge is 0.508 e. The van der Waals surface area contributed by atoms with Crippen LogP contribution in [0.5, 0.6) is 11.5 Å². The van der Waals surface area contributed by atoms with Crippen molar-refractivity contribution in [2.45, 2.75) is 0 Å². The minimum atomic E-state index is -1.76. The summed E-state index contributed by atoms with van der Waals surface area (Å²) in [5.74, 6) is -8.51. The molecule has 0 aromatic heterocycles. The number of hydrogen-bond acceptors (Lipinski definition) is 6. The van der Waals surface area contributed by atoms with Crippen LogP contribution in [0.4, 0.5) is 18.9 Å². The first-order valence-electron chi connectivity index (χ1n) is 7.58. The van der Waals surface area contributed by atoms with Gasteiger partial charge in [0.1, 0.15) is 17.1 Å². The van der Waals surface area contributed by atoms with Crippen molar-refractivity contribution in [2.24, 2.45) is 0 Å². The van der Waals surface area contributed by atoms with Crippen LogP contribution in [0.25, 0.3) is 0 Å². The first-order chi connectivity index (χ1) is 13.2. The molecule has 28 heavy (non-hydrogen) atoms. The number of anilines is 1. The standard InChI is InChI=1S/C17H13F3N2O6/c18-10-3-4-11(16(20)15(10)19)22-13(25)6-21-14(26)7-28-17(27)9-2-1-8(23)5-12(9)24/h1-5,23-24H,6-7H2,(H,21,26)(H,22,25). The van der Waals surface area contributed by atoms with E-state index in [1.165, 1.54) is 0 Å². The highest BCUT2D eigenvalue weighted by Crippen LogP contribution is 2.23. The van der Waals surface area contributed by atoms with Gasteiger partial charge in [-0.15, -0.1) is 0 Å². The van der Waals surface area contributed by atoms with Crippen LogP contribution in [0.3, 0.4) is 0 Å². The number of aromatic hydroxyl groups is 2. The van der Waals surface area contributed by atoms with Gasteiger partial charge in [-0.25, -0.2) is 18.0 Å². The Balaban J connectivity index is 1.81. The molecule has 0 aliphatic rings. The van der Waals surface area contributed by atoms with Gasteiger partial charge in [0.25, 0.3) is 5.91 Å². The summed E-state index contributed by atoms with van der Waals surface area (Å²) < 4.78 is 44.0.